The number of hydrogen-bond donors (Lipinski definition) is 6. The van der Waals surface area contributed by atoms with Crippen molar-refractivity contribution in [3.05, 3.63) is 11.0 Å². The van der Waals surface area contributed by atoms with E-state index in [1.54, 1.807) is 0 Å². The molecule has 12 nitrogen and oxygen atoms in total. The van der Waals surface area contributed by atoms with Gasteiger partial charge in [0.2, 0.25) is 0 Å². The van der Waals surface area contributed by atoms with Crippen LogP contribution in [-0.2, 0) is 13.8 Å². The number of aliphatic hydroxyl groups excluding tert-OH is 2. The van der Waals surface area contributed by atoms with Gasteiger partial charge in [-0.3, -0.25) is 9.09 Å². The SMILES string of the molecule is Nc1nc(=S)c2ncn([C@@H]3O[C@H](COP(=O)(O)O)[C@@H](O)[C@H]3O)c2[nH]1.[Na].[Na]. The van der Waals surface area contributed by atoms with E-state index in [0.717, 1.165) is 0 Å². The van der Waals surface area contributed by atoms with Crippen molar-refractivity contribution < 1.29 is 33.8 Å². The molecule has 2 aromatic heterocycles. The van der Waals surface area contributed by atoms with E-state index in [1.807, 2.05) is 0 Å². The van der Waals surface area contributed by atoms with Gasteiger partial charge in [0.25, 0.3) is 0 Å². The number of imidazole rings is 1. The normalized spacial score (nSPS) is 25.7. The van der Waals surface area contributed by atoms with Gasteiger partial charge >= 0.3 is 7.82 Å². The van der Waals surface area contributed by atoms with E-state index in [1.165, 1.54) is 10.9 Å². The molecule has 2 aromatic rings. The monoisotopic (exact) mass is 425 g/mol. The molecule has 1 saturated heterocycles. The Balaban J connectivity index is 0.00000169. The number of nitrogens with zero attached hydrogens (tertiary/aromatic N) is 3. The van der Waals surface area contributed by atoms with Gasteiger partial charge in [-0.2, -0.15) is 0 Å². The molecule has 16 heteroatoms. The van der Waals surface area contributed by atoms with Gasteiger partial charge in [-0.15, -0.1) is 0 Å². The number of nitrogen functional groups attached to an aromatic ring is 1. The van der Waals surface area contributed by atoms with Crippen molar-refractivity contribution in [2.45, 2.75) is 24.5 Å². The maximum absolute atomic E-state index is 10.8. The number of rotatable bonds is 4. The first-order valence-electron chi connectivity index (χ1n) is 6.61. The molecule has 1 fully saturated rings. The minimum absolute atomic E-state index is 0. The second kappa shape index (κ2) is 9.37. The van der Waals surface area contributed by atoms with E-state index in [-0.39, 0.29) is 69.7 Å². The topological polar surface area (TPSA) is 189 Å². The van der Waals surface area contributed by atoms with Crippen LogP contribution in [0, 0.1) is 4.64 Å². The number of hydrogen-bond acceptors (Lipinski definition) is 9. The van der Waals surface area contributed by atoms with Crippen molar-refractivity contribution >= 4 is 96.3 Å². The molecule has 3 rings (SSSR count). The summed E-state index contributed by atoms with van der Waals surface area (Å²) in [6.45, 7) is -0.606. The van der Waals surface area contributed by atoms with Crippen LogP contribution in [0.4, 0.5) is 5.95 Å². The summed E-state index contributed by atoms with van der Waals surface area (Å²) in [5.74, 6) is 0.0312. The number of aromatic amines is 1. The van der Waals surface area contributed by atoms with Crippen molar-refractivity contribution in [3.8, 4) is 0 Å². The van der Waals surface area contributed by atoms with E-state index >= 15 is 0 Å². The molecule has 2 radical (unpaired) electrons. The summed E-state index contributed by atoms with van der Waals surface area (Å²) in [7, 11) is -4.73. The van der Waals surface area contributed by atoms with E-state index in [0.29, 0.717) is 11.2 Å². The van der Waals surface area contributed by atoms with Crippen LogP contribution in [0.2, 0.25) is 0 Å². The Bertz CT molecular complexity index is 875. The maximum Gasteiger partial charge on any atom is 0.469 e. The van der Waals surface area contributed by atoms with Crippen LogP contribution in [0.15, 0.2) is 6.33 Å². The summed E-state index contributed by atoms with van der Waals surface area (Å²) in [4.78, 5) is 28.1. The third kappa shape index (κ3) is 5.13. The second-order valence-electron chi connectivity index (χ2n) is 5.11. The van der Waals surface area contributed by atoms with Crippen molar-refractivity contribution in [2.24, 2.45) is 0 Å². The Morgan fingerprint density at radius 1 is 1.38 bits per heavy atom. The average molecular weight is 425 g/mol. The first-order chi connectivity index (χ1) is 11.2. The molecule has 0 spiro atoms. The Labute approximate surface area is 195 Å². The molecular formula is C10H14N5Na2O7PS. The van der Waals surface area contributed by atoms with Gasteiger partial charge in [-0.05, 0) is 0 Å². The zero-order valence-corrected chi connectivity index (χ0v) is 19.6. The number of aromatic nitrogens is 4. The van der Waals surface area contributed by atoms with Gasteiger partial charge in [-0.1, -0.05) is 12.2 Å². The first-order valence-corrected chi connectivity index (χ1v) is 8.55. The molecule has 0 bridgehead atoms. The van der Waals surface area contributed by atoms with Gasteiger partial charge in [0.15, 0.2) is 16.8 Å². The van der Waals surface area contributed by atoms with Gasteiger partial charge in [0.1, 0.15) is 29.5 Å². The molecule has 4 atom stereocenters. The van der Waals surface area contributed by atoms with Crippen LogP contribution in [0.3, 0.4) is 0 Å². The summed E-state index contributed by atoms with van der Waals surface area (Å²) in [5, 5.41) is 20.2. The Kier molecular flexibility index (Phi) is 8.87. The molecule has 0 aliphatic carbocycles. The first kappa shape index (κ1) is 24.6. The smallest absolute Gasteiger partial charge is 0.387 e. The third-order valence-electron chi connectivity index (χ3n) is 3.48. The molecule has 0 amide bonds. The number of H-pyrrole nitrogens is 1. The summed E-state index contributed by atoms with van der Waals surface area (Å²) >= 11 is 5.04. The summed E-state index contributed by atoms with van der Waals surface area (Å²) in [6.07, 6.45) is -3.77. The molecule has 134 valence electrons. The number of anilines is 1. The van der Waals surface area contributed by atoms with Crippen molar-refractivity contribution in [2.75, 3.05) is 12.3 Å². The Morgan fingerprint density at radius 3 is 2.65 bits per heavy atom. The van der Waals surface area contributed by atoms with Crippen molar-refractivity contribution in [1.29, 1.82) is 0 Å². The molecule has 26 heavy (non-hydrogen) atoms. The number of nitrogens with two attached hydrogens (primary N) is 1. The van der Waals surface area contributed by atoms with Gasteiger partial charge < -0.3 is 35.5 Å². The summed E-state index contributed by atoms with van der Waals surface area (Å²) in [5.41, 5.74) is 6.24. The van der Waals surface area contributed by atoms with Gasteiger partial charge in [0, 0.05) is 59.1 Å². The quantitative estimate of drug-likeness (QED) is 0.181. The number of ether oxygens (including phenoxy) is 1. The fourth-order valence-electron chi connectivity index (χ4n) is 2.41. The van der Waals surface area contributed by atoms with E-state index < -0.39 is 39.0 Å². The van der Waals surface area contributed by atoms with Crippen LogP contribution < -0.4 is 5.73 Å². The zero-order chi connectivity index (χ0) is 17.6. The second-order valence-corrected chi connectivity index (χ2v) is 6.73. The zero-order valence-electron chi connectivity index (χ0n) is 13.9. The Morgan fingerprint density at radius 2 is 2.04 bits per heavy atom. The van der Waals surface area contributed by atoms with E-state index in [2.05, 4.69) is 19.5 Å². The number of nitrogens with one attached hydrogen (secondary N) is 1. The minimum atomic E-state index is -4.73. The number of aliphatic hydroxyl groups is 2. The van der Waals surface area contributed by atoms with Crippen LogP contribution in [0.5, 0.6) is 0 Å². The molecule has 1 aliphatic heterocycles. The summed E-state index contributed by atoms with van der Waals surface area (Å²) in [6, 6.07) is 0. The molecule has 3 heterocycles. The predicted molar refractivity (Wildman–Crippen MR) is 92.6 cm³/mol. The molecule has 7 N–H and O–H groups in total. The Hall–Kier alpha value is 0.560. The number of phosphoric ester groups is 1. The van der Waals surface area contributed by atoms with Crippen LogP contribution in [0.25, 0.3) is 11.2 Å². The molecule has 0 unspecified atom stereocenters. The fourth-order valence-corrected chi connectivity index (χ4v) is 3.00. The van der Waals surface area contributed by atoms with E-state index in [4.69, 9.17) is 32.5 Å². The third-order valence-corrected chi connectivity index (χ3v) is 4.25. The summed E-state index contributed by atoms with van der Waals surface area (Å²) < 4.78 is 22.0. The van der Waals surface area contributed by atoms with Gasteiger partial charge in [-0.25, -0.2) is 14.5 Å². The molecule has 1 aliphatic rings. The standard InChI is InChI=1S/C10H14N5O7PS.2Na/c11-10-13-7-4(8(24)14-10)12-2-15(7)9-6(17)5(16)3(22-9)1-21-23(18,19)20;;/h2-3,5-6,9,16-17H,1H2,(H2,18,19,20)(H3,11,13,14,24);;/t3-,5-,6-,9-;;/m1../s1. The van der Waals surface area contributed by atoms with E-state index in [9.17, 15) is 14.8 Å². The fraction of sp³-hybridized carbons (Fsp3) is 0.500. The van der Waals surface area contributed by atoms with Crippen LogP contribution in [-0.4, -0.2) is 124 Å². The average Bonchev–Trinajstić information content (AvgIpc) is 3.00. The van der Waals surface area contributed by atoms with Crippen molar-refractivity contribution in [3.63, 3.8) is 0 Å². The number of fused-ring (bicyclic) bond motifs is 1. The largest absolute Gasteiger partial charge is 0.469 e. The minimum Gasteiger partial charge on any atom is -0.387 e. The predicted octanol–water partition coefficient (Wildman–Crippen LogP) is -1.96. The maximum atomic E-state index is 10.8. The van der Waals surface area contributed by atoms with Crippen LogP contribution >= 0.6 is 20.0 Å². The molecule has 0 aromatic carbocycles. The van der Waals surface area contributed by atoms with Gasteiger partial charge in [0.05, 0.1) is 12.9 Å². The van der Waals surface area contributed by atoms with Crippen LogP contribution in [0.1, 0.15) is 6.23 Å². The molecule has 0 saturated carbocycles. The molecular weight excluding hydrogens is 411 g/mol. The number of phosphoric acid groups is 1. The van der Waals surface area contributed by atoms with Crippen molar-refractivity contribution in [1.82, 2.24) is 19.5 Å².